The molecule has 0 saturated carbocycles. The Morgan fingerprint density at radius 3 is 2.21 bits per heavy atom. The molecule has 2 N–H and O–H groups in total. The Hall–Kier alpha value is -2.94. The standard InChI is InChI=1S/C29H41FN2O5S/c1-20(23-13-14-25(24(30)16-23)32-38(7,35)36)26(33)31-17-22(15-21-11-9-8-10-12-21)18-37-27(34)29(5,6)19-28(2,3)4/h8-14,16,20,22,32H,15,17-19H2,1-7H3,(H,31,33)/t20-,22+/m1/s1. The van der Waals surface area contributed by atoms with Crippen LogP contribution in [0.15, 0.2) is 48.5 Å². The predicted octanol–water partition coefficient (Wildman–Crippen LogP) is 5.28. The zero-order valence-electron chi connectivity index (χ0n) is 23.4. The van der Waals surface area contributed by atoms with Gasteiger partial charge in [-0.25, -0.2) is 12.8 Å². The van der Waals surface area contributed by atoms with Crippen LogP contribution in [0.5, 0.6) is 0 Å². The van der Waals surface area contributed by atoms with Crippen LogP contribution in [0.4, 0.5) is 10.1 Å². The van der Waals surface area contributed by atoms with Crippen LogP contribution in [0.25, 0.3) is 0 Å². The van der Waals surface area contributed by atoms with E-state index in [9.17, 15) is 22.4 Å². The molecule has 7 nitrogen and oxygen atoms in total. The van der Waals surface area contributed by atoms with E-state index in [0.29, 0.717) is 18.4 Å². The number of esters is 1. The highest BCUT2D eigenvalue weighted by Crippen LogP contribution is 2.34. The predicted molar refractivity (Wildman–Crippen MR) is 149 cm³/mol. The van der Waals surface area contributed by atoms with Crippen LogP contribution in [0, 0.1) is 22.6 Å². The number of halogens is 1. The highest BCUT2D eigenvalue weighted by molar-refractivity contribution is 7.92. The molecular formula is C29H41FN2O5S. The molecule has 0 heterocycles. The molecule has 2 aromatic carbocycles. The fourth-order valence-electron chi connectivity index (χ4n) is 4.56. The van der Waals surface area contributed by atoms with Gasteiger partial charge in [0.15, 0.2) is 0 Å². The van der Waals surface area contributed by atoms with E-state index in [1.807, 2.05) is 44.2 Å². The molecule has 0 radical (unpaired) electrons. The van der Waals surface area contributed by atoms with Crippen LogP contribution >= 0.6 is 0 Å². The average molecular weight is 549 g/mol. The number of sulfonamides is 1. The van der Waals surface area contributed by atoms with E-state index < -0.39 is 27.2 Å². The first-order valence-corrected chi connectivity index (χ1v) is 14.6. The molecule has 0 aliphatic rings. The second kappa shape index (κ2) is 12.7. The number of nitrogens with one attached hydrogen (secondary N) is 2. The van der Waals surface area contributed by atoms with Crippen LogP contribution in [0.1, 0.15) is 65.0 Å². The second-order valence-electron chi connectivity index (χ2n) is 11.9. The van der Waals surface area contributed by atoms with E-state index >= 15 is 0 Å². The van der Waals surface area contributed by atoms with Gasteiger partial charge in [-0.2, -0.15) is 0 Å². The van der Waals surface area contributed by atoms with Crippen molar-refractivity contribution in [3.05, 3.63) is 65.5 Å². The second-order valence-corrected chi connectivity index (χ2v) is 13.6. The monoisotopic (exact) mass is 548 g/mol. The topological polar surface area (TPSA) is 102 Å². The van der Waals surface area contributed by atoms with Gasteiger partial charge in [0, 0.05) is 12.5 Å². The molecule has 2 aromatic rings. The van der Waals surface area contributed by atoms with Crippen molar-refractivity contribution in [1.29, 1.82) is 0 Å². The number of amides is 1. The zero-order valence-corrected chi connectivity index (χ0v) is 24.2. The third-order valence-electron chi connectivity index (χ3n) is 6.09. The largest absolute Gasteiger partial charge is 0.465 e. The van der Waals surface area contributed by atoms with Gasteiger partial charge in [-0.3, -0.25) is 14.3 Å². The minimum Gasteiger partial charge on any atom is -0.465 e. The fourth-order valence-corrected chi connectivity index (χ4v) is 5.12. The van der Waals surface area contributed by atoms with Crippen LogP contribution in [-0.2, 0) is 30.8 Å². The van der Waals surface area contributed by atoms with Crippen molar-refractivity contribution in [2.24, 2.45) is 16.7 Å². The summed E-state index contributed by atoms with van der Waals surface area (Å²) in [6.45, 7) is 12.1. The first-order valence-electron chi connectivity index (χ1n) is 12.7. The third kappa shape index (κ3) is 10.4. The van der Waals surface area contributed by atoms with Gasteiger partial charge in [0.25, 0.3) is 0 Å². The molecule has 0 aromatic heterocycles. The summed E-state index contributed by atoms with van der Waals surface area (Å²) >= 11 is 0. The molecule has 2 atom stereocenters. The summed E-state index contributed by atoms with van der Waals surface area (Å²) in [4.78, 5) is 25.8. The molecule has 2 rings (SSSR count). The summed E-state index contributed by atoms with van der Waals surface area (Å²) in [5.74, 6) is -2.20. The van der Waals surface area contributed by atoms with E-state index in [-0.39, 0.29) is 42.0 Å². The summed E-state index contributed by atoms with van der Waals surface area (Å²) in [5, 5.41) is 2.91. The number of hydrogen-bond acceptors (Lipinski definition) is 5. The van der Waals surface area contributed by atoms with Gasteiger partial charge >= 0.3 is 5.97 Å². The Morgan fingerprint density at radius 2 is 1.66 bits per heavy atom. The number of anilines is 1. The molecule has 38 heavy (non-hydrogen) atoms. The molecular weight excluding hydrogens is 507 g/mol. The van der Waals surface area contributed by atoms with Crippen LogP contribution in [-0.4, -0.2) is 39.7 Å². The Balaban J connectivity index is 2.07. The molecule has 0 spiro atoms. The summed E-state index contributed by atoms with van der Waals surface area (Å²) < 4.78 is 45.1. The Kier molecular flexibility index (Phi) is 10.5. The highest BCUT2D eigenvalue weighted by atomic mass is 32.2. The Labute approximate surface area is 226 Å². The summed E-state index contributed by atoms with van der Waals surface area (Å²) in [6.07, 6.45) is 2.21. The first-order chi connectivity index (χ1) is 17.5. The molecule has 0 unspecified atom stereocenters. The molecule has 0 aliphatic heterocycles. The SMILES string of the molecule is C[C@@H](C(=O)NC[C@@H](COC(=O)C(C)(C)CC(C)(C)C)Cc1ccccc1)c1ccc(NS(C)(=O)=O)c(F)c1. The minimum absolute atomic E-state index is 0.0331. The van der Waals surface area contributed by atoms with Crippen LogP contribution in [0.3, 0.4) is 0 Å². The van der Waals surface area contributed by atoms with Crippen molar-refractivity contribution in [1.82, 2.24) is 5.32 Å². The van der Waals surface area contributed by atoms with Crippen molar-refractivity contribution >= 4 is 27.6 Å². The molecule has 1 amide bonds. The summed E-state index contributed by atoms with van der Waals surface area (Å²) in [6, 6.07) is 13.7. The number of ether oxygens (including phenoxy) is 1. The van der Waals surface area contributed by atoms with Gasteiger partial charge in [-0.1, -0.05) is 57.2 Å². The van der Waals surface area contributed by atoms with Crippen molar-refractivity contribution in [3.63, 3.8) is 0 Å². The fraction of sp³-hybridized carbons (Fsp3) is 0.517. The van der Waals surface area contributed by atoms with Crippen molar-refractivity contribution in [2.75, 3.05) is 24.1 Å². The van der Waals surface area contributed by atoms with Crippen LogP contribution in [0.2, 0.25) is 0 Å². The van der Waals surface area contributed by atoms with Gasteiger partial charge in [0.05, 0.1) is 29.9 Å². The molecule has 0 aliphatic carbocycles. The van der Waals surface area contributed by atoms with Gasteiger partial charge in [-0.05, 0) is 62.3 Å². The lowest BCUT2D eigenvalue weighted by molar-refractivity contribution is -0.157. The lowest BCUT2D eigenvalue weighted by atomic mass is 9.76. The lowest BCUT2D eigenvalue weighted by Gasteiger charge is -2.31. The summed E-state index contributed by atoms with van der Waals surface area (Å²) in [7, 11) is -3.63. The zero-order chi connectivity index (χ0) is 28.7. The first kappa shape index (κ1) is 31.3. The number of hydrogen-bond donors (Lipinski definition) is 2. The van der Waals surface area contributed by atoms with E-state index in [4.69, 9.17) is 4.74 Å². The molecule has 0 bridgehead atoms. The van der Waals surface area contributed by atoms with E-state index in [2.05, 4.69) is 30.8 Å². The lowest BCUT2D eigenvalue weighted by Crippen LogP contribution is -2.37. The average Bonchev–Trinajstić information content (AvgIpc) is 2.79. The maximum atomic E-state index is 14.4. The maximum absolute atomic E-state index is 14.4. The Morgan fingerprint density at radius 1 is 1.03 bits per heavy atom. The van der Waals surface area contributed by atoms with Gasteiger partial charge < -0.3 is 10.1 Å². The Bertz CT molecular complexity index is 1210. The van der Waals surface area contributed by atoms with E-state index in [1.54, 1.807) is 6.92 Å². The van der Waals surface area contributed by atoms with E-state index in [0.717, 1.165) is 17.9 Å². The molecule has 0 saturated heterocycles. The number of carbonyl (C=O) groups is 2. The molecule has 210 valence electrons. The van der Waals surface area contributed by atoms with Gasteiger partial charge in [-0.15, -0.1) is 0 Å². The number of benzene rings is 2. The minimum atomic E-state index is -3.63. The normalized spacial score (nSPS) is 13.9. The third-order valence-corrected chi connectivity index (χ3v) is 6.68. The van der Waals surface area contributed by atoms with Crippen LogP contribution < -0.4 is 10.0 Å². The van der Waals surface area contributed by atoms with Crippen molar-refractivity contribution in [2.45, 2.75) is 60.3 Å². The van der Waals surface area contributed by atoms with Gasteiger partial charge in [0.1, 0.15) is 5.82 Å². The quantitative estimate of drug-likeness (QED) is 0.352. The number of rotatable bonds is 12. The smallest absolute Gasteiger partial charge is 0.311 e. The summed E-state index contributed by atoms with van der Waals surface area (Å²) in [5.41, 5.74) is 0.613. The molecule has 9 heteroatoms. The molecule has 0 fully saturated rings. The van der Waals surface area contributed by atoms with E-state index in [1.165, 1.54) is 12.1 Å². The van der Waals surface area contributed by atoms with Crippen molar-refractivity contribution < 1.29 is 27.1 Å². The van der Waals surface area contributed by atoms with Crippen molar-refractivity contribution in [3.8, 4) is 0 Å². The maximum Gasteiger partial charge on any atom is 0.311 e. The number of carbonyl (C=O) groups excluding carboxylic acids is 2. The highest BCUT2D eigenvalue weighted by Gasteiger charge is 2.34. The van der Waals surface area contributed by atoms with Gasteiger partial charge in [0.2, 0.25) is 15.9 Å².